The zero-order valence-corrected chi connectivity index (χ0v) is 12.7. The van der Waals surface area contributed by atoms with Gasteiger partial charge < -0.3 is 15.0 Å². The van der Waals surface area contributed by atoms with Crippen LogP contribution in [0, 0.1) is 5.92 Å². The van der Waals surface area contributed by atoms with Crippen LogP contribution in [0.4, 0.5) is 0 Å². The first-order chi connectivity index (χ1) is 10.3. The molecule has 2 N–H and O–H groups in total. The van der Waals surface area contributed by atoms with Gasteiger partial charge in [-0.1, -0.05) is 18.2 Å². The average Bonchev–Trinajstić information content (AvgIpc) is 3.15. The fraction of sp³-hybridized carbons (Fsp3) is 0.556. The zero-order chi connectivity index (χ0) is 14.2. The number of benzene rings is 1. The maximum absolute atomic E-state index is 5.54. The number of para-hydroxylation sites is 1. The van der Waals surface area contributed by atoms with Crippen molar-refractivity contribution < 1.29 is 4.74 Å². The summed E-state index contributed by atoms with van der Waals surface area (Å²) in [5, 5.41) is 5.28. The Kier molecular flexibility index (Phi) is 3.48. The molecule has 1 saturated heterocycles. The van der Waals surface area contributed by atoms with E-state index in [1.54, 1.807) is 0 Å². The summed E-state index contributed by atoms with van der Waals surface area (Å²) >= 11 is 0. The molecule has 3 atom stereocenters. The molecule has 0 bridgehead atoms. The number of hydrogen-bond donors (Lipinski definition) is 2. The normalized spacial score (nSPS) is 26.9. The summed E-state index contributed by atoms with van der Waals surface area (Å²) in [6.45, 7) is 4.16. The number of nitrogens with one attached hydrogen (secondary N) is 2. The van der Waals surface area contributed by atoms with Crippen LogP contribution in [0.3, 0.4) is 0 Å². The molecule has 4 rings (SSSR count). The summed E-state index contributed by atoms with van der Waals surface area (Å²) in [4.78, 5) is 3.67. The van der Waals surface area contributed by atoms with E-state index in [0.717, 1.165) is 13.2 Å². The summed E-state index contributed by atoms with van der Waals surface area (Å²) in [7, 11) is 0. The molecule has 3 nitrogen and oxygen atoms in total. The highest BCUT2D eigenvalue weighted by Crippen LogP contribution is 2.35. The summed E-state index contributed by atoms with van der Waals surface area (Å²) < 4.78 is 5.54. The largest absolute Gasteiger partial charge is 0.381 e. The van der Waals surface area contributed by atoms with E-state index in [1.807, 2.05) is 0 Å². The lowest BCUT2D eigenvalue weighted by molar-refractivity contribution is 0.175. The van der Waals surface area contributed by atoms with Gasteiger partial charge in [0, 0.05) is 35.3 Å². The molecule has 1 fully saturated rings. The van der Waals surface area contributed by atoms with Gasteiger partial charge >= 0.3 is 0 Å². The first-order valence-electron chi connectivity index (χ1n) is 8.26. The third-order valence-electron chi connectivity index (χ3n) is 5.25. The molecule has 3 unspecified atom stereocenters. The van der Waals surface area contributed by atoms with Crippen molar-refractivity contribution in [2.75, 3.05) is 13.2 Å². The monoisotopic (exact) mass is 284 g/mol. The first-order valence-corrected chi connectivity index (χ1v) is 8.26. The van der Waals surface area contributed by atoms with Gasteiger partial charge in [0.25, 0.3) is 0 Å². The summed E-state index contributed by atoms with van der Waals surface area (Å²) in [5.74, 6) is 0.666. The molecule has 2 aromatic rings. The molecule has 3 heteroatoms. The minimum atomic E-state index is 0.469. The van der Waals surface area contributed by atoms with Crippen LogP contribution in [0.15, 0.2) is 24.3 Å². The highest BCUT2D eigenvalue weighted by Gasteiger charge is 2.28. The van der Waals surface area contributed by atoms with Gasteiger partial charge in [0.2, 0.25) is 0 Å². The van der Waals surface area contributed by atoms with Gasteiger partial charge in [0.05, 0.1) is 6.61 Å². The van der Waals surface area contributed by atoms with E-state index in [-0.39, 0.29) is 0 Å². The van der Waals surface area contributed by atoms with Crippen molar-refractivity contribution in [3.8, 4) is 0 Å². The van der Waals surface area contributed by atoms with E-state index < -0.39 is 0 Å². The number of H-pyrrole nitrogens is 1. The Hall–Kier alpha value is -1.32. The maximum atomic E-state index is 5.54. The van der Waals surface area contributed by atoms with Gasteiger partial charge in [-0.2, -0.15) is 0 Å². The highest BCUT2D eigenvalue weighted by molar-refractivity contribution is 5.85. The fourth-order valence-electron chi connectivity index (χ4n) is 3.98. The molecule has 0 saturated carbocycles. The average molecular weight is 284 g/mol. The van der Waals surface area contributed by atoms with Crippen LogP contribution in [0.1, 0.15) is 43.5 Å². The van der Waals surface area contributed by atoms with E-state index in [9.17, 15) is 0 Å². The van der Waals surface area contributed by atoms with Crippen LogP contribution in [0.2, 0.25) is 0 Å². The molecule has 1 aromatic heterocycles. The second-order valence-corrected chi connectivity index (χ2v) is 6.59. The molecule has 1 aromatic carbocycles. The minimum absolute atomic E-state index is 0.469. The summed E-state index contributed by atoms with van der Waals surface area (Å²) in [5.41, 5.74) is 4.24. The Bertz CT molecular complexity index is 627. The van der Waals surface area contributed by atoms with Crippen molar-refractivity contribution in [2.24, 2.45) is 5.92 Å². The number of fused-ring (bicyclic) bond motifs is 3. The lowest BCUT2D eigenvalue weighted by Gasteiger charge is -2.29. The van der Waals surface area contributed by atoms with Crippen LogP contribution in [-0.4, -0.2) is 24.2 Å². The van der Waals surface area contributed by atoms with Gasteiger partial charge in [-0.05, 0) is 50.2 Å². The van der Waals surface area contributed by atoms with E-state index in [1.165, 1.54) is 47.8 Å². The quantitative estimate of drug-likeness (QED) is 0.904. The van der Waals surface area contributed by atoms with Gasteiger partial charge in [-0.25, -0.2) is 0 Å². The Morgan fingerprint density at radius 3 is 3.05 bits per heavy atom. The maximum Gasteiger partial charge on any atom is 0.0509 e. The van der Waals surface area contributed by atoms with Gasteiger partial charge in [0.1, 0.15) is 0 Å². The number of rotatable bonds is 3. The summed E-state index contributed by atoms with van der Waals surface area (Å²) in [6, 6.07) is 9.70. The van der Waals surface area contributed by atoms with E-state index >= 15 is 0 Å². The van der Waals surface area contributed by atoms with Gasteiger partial charge in [-0.3, -0.25) is 0 Å². The molecule has 0 radical (unpaired) electrons. The molecule has 21 heavy (non-hydrogen) atoms. The first kappa shape index (κ1) is 13.4. The third-order valence-corrected chi connectivity index (χ3v) is 5.25. The number of aryl methyl sites for hydroxylation is 1. The Balaban J connectivity index is 1.60. The van der Waals surface area contributed by atoms with Crippen LogP contribution >= 0.6 is 0 Å². The molecular formula is C18H24N2O. The number of aromatic nitrogens is 1. The molecule has 1 aliphatic heterocycles. The molecule has 2 aliphatic rings. The zero-order valence-electron chi connectivity index (χ0n) is 12.7. The van der Waals surface area contributed by atoms with Crippen LogP contribution in [-0.2, 0) is 11.2 Å². The SMILES string of the molecule is CC(NC1CCCc2c1[nH]c1ccccc21)C1CCOC1. The predicted octanol–water partition coefficient (Wildman–Crippen LogP) is 3.56. The molecular weight excluding hydrogens is 260 g/mol. The van der Waals surface area contributed by atoms with E-state index in [0.29, 0.717) is 18.0 Å². The van der Waals surface area contributed by atoms with Crippen LogP contribution < -0.4 is 5.32 Å². The third kappa shape index (κ3) is 2.39. The number of hydrogen-bond acceptors (Lipinski definition) is 2. The minimum Gasteiger partial charge on any atom is -0.381 e. The summed E-state index contributed by atoms with van der Waals surface area (Å²) in [6.07, 6.45) is 4.91. The number of aromatic amines is 1. The Morgan fingerprint density at radius 2 is 2.19 bits per heavy atom. The molecule has 0 spiro atoms. The smallest absolute Gasteiger partial charge is 0.0509 e. The molecule has 2 heterocycles. The predicted molar refractivity (Wildman–Crippen MR) is 85.5 cm³/mol. The topological polar surface area (TPSA) is 37.0 Å². The van der Waals surface area contributed by atoms with Crippen molar-refractivity contribution in [2.45, 2.75) is 44.7 Å². The standard InChI is InChI=1S/C18H24N2O/c1-12(13-9-10-21-11-13)19-17-8-4-6-15-14-5-2-3-7-16(14)20-18(15)17/h2-3,5,7,12-13,17,19-20H,4,6,8-11H2,1H3. The van der Waals surface area contributed by atoms with Crippen molar-refractivity contribution in [3.63, 3.8) is 0 Å². The van der Waals surface area contributed by atoms with Crippen LogP contribution in [0.5, 0.6) is 0 Å². The van der Waals surface area contributed by atoms with Gasteiger partial charge in [-0.15, -0.1) is 0 Å². The van der Waals surface area contributed by atoms with Gasteiger partial charge in [0.15, 0.2) is 0 Å². The number of ether oxygens (including phenoxy) is 1. The lowest BCUT2D eigenvalue weighted by Crippen LogP contribution is -2.38. The Morgan fingerprint density at radius 1 is 1.29 bits per heavy atom. The van der Waals surface area contributed by atoms with Crippen molar-refractivity contribution in [1.82, 2.24) is 10.3 Å². The Labute approximate surface area is 126 Å². The van der Waals surface area contributed by atoms with E-state index in [4.69, 9.17) is 4.74 Å². The lowest BCUT2D eigenvalue weighted by atomic mass is 9.90. The van der Waals surface area contributed by atoms with E-state index in [2.05, 4.69) is 41.5 Å². The van der Waals surface area contributed by atoms with Crippen molar-refractivity contribution in [3.05, 3.63) is 35.5 Å². The van der Waals surface area contributed by atoms with Crippen molar-refractivity contribution in [1.29, 1.82) is 0 Å². The van der Waals surface area contributed by atoms with Crippen molar-refractivity contribution >= 4 is 10.9 Å². The highest BCUT2D eigenvalue weighted by atomic mass is 16.5. The molecule has 1 aliphatic carbocycles. The second-order valence-electron chi connectivity index (χ2n) is 6.59. The van der Waals surface area contributed by atoms with Crippen LogP contribution in [0.25, 0.3) is 10.9 Å². The molecule has 112 valence electrons. The molecule has 0 amide bonds. The fourth-order valence-corrected chi connectivity index (χ4v) is 3.98. The second kappa shape index (κ2) is 5.47.